The Hall–Kier alpha value is -0.540. The van der Waals surface area contributed by atoms with Crippen molar-refractivity contribution in [1.29, 1.82) is 0 Å². The maximum Gasteiger partial charge on any atom is 0.115 e. The molecule has 1 rings (SSSR count). The predicted octanol–water partition coefficient (Wildman–Crippen LogP) is 0.213. The zero-order valence-corrected chi connectivity index (χ0v) is 7.29. The molecule has 3 heteroatoms. The molecule has 0 fully saturated rings. The molecular formula is C8H15NO2. The fraction of sp³-hybridized carbons (Fsp3) is 0.750. The fourth-order valence-corrected chi connectivity index (χ4v) is 1.37. The lowest BCUT2D eigenvalue weighted by Crippen LogP contribution is -2.39. The minimum atomic E-state index is 0.132. The van der Waals surface area contributed by atoms with Gasteiger partial charge in [-0.05, 0) is 26.1 Å². The number of likely N-dealkylation sites (N-methyl/N-ethyl adjacent to an activating group) is 1. The van der Waals surface area contributed by atoms with E-state index in [0.717, 1.165) is 17.8 Å². The normalized spacial score (nSPS) is 23.9. The zero-order valence-electron chi connectivity index (χ0n) is 7.29. The molecule has 1 N–H and O–H groups in total. The zero-order chi connectivity index (χ0) is 8.43. The summed E-state index contributed by atoms with van der Waals surface area (Å²) in [4.78, 5) is 2.10. The van der Waals surface area contributed by atoms with Gasteiger partial charge in [0.25, 0.3) is 0 Å². The molecule has 0 aliphatic heterocycles. The molecule has 0 bridgehead atoms. The highest BCUT2D eigenvalue weighted by Gasteiger charge is 2.31. The molecule has 1 aliphatic carbocycles. The lowest BCUT2D eigenvalue weighted by molar-refractivity contribution is 0.147. The Morgan fingerprint density at radius 1 is 1.64 bits per heavy atom. The number of aliphatic hydroxyl groups is 1. The second-order valence-electron chi connectivity index (χ2n) is 3.01. The van der Waals surface area contributed by atoms with Crippen LogP contribution in [0.4, 0.5) is 0 Å². The van der Waals surface area contributed by atoms with Gasteiger partial charge in [-0.1, -0.05) is 0 Å². The first kappa shape index (κ1) is 8.56. The van der Waals surface area contributed by atoms with E-state index in [-0.39, 0.29) is 6.61 Å². The molecule has 0 saturated heterocycles. The van der Waals surface area contributed by atoms with Crippen molar-refractivity contribution in [2.75, 3.05) is 27.8 Å². The summed E-state index contributed by atoms with van der Waals surface area (Å²) in [7, 11) is 5.68. The summed E-state index contributed by atoms with van der Waals surface area (Å²) < 4.78 is 5.14. The lowest BCUT2D eigenvalue weighted by atomic mass is 9.90. The molecule has 1 unspecified atom stereocenters. The van der Waals surface area contributed by atoms with Crippen LogP contribution in [0.5, 0.6) is 0 Å². The molecule has 64 valence electrons. The summed E-state index contributed by atoms with van der Waals surface area (Å²) in [6.45, 7) is 0.132. The van der Waals surface area contributed by atoms with E-state index in [0.29, 0.717) is 6.04 Å². The second-order valence-corrected chi connectivity index (χ2v) is 3.01. The molecular weight excluding hydrogens is 142 g/mol. The molecule has 0 saturated carbocycles. The van der Waals surface area contributed by atoms with Gasteiger partial charge < -0.3 is 9.84 Å². The Morgan fingerprint density at radius 3 is 2.64 bits per heavy atom. The quantitative estimate of drug-likeness (QED) is 0.636. The maximum absolute atomic E-state index is 8.83. The van der Waals surface area contributed by atoms with Gasteiger partial charge in [0.1, 0.15) is 5.76 Å². The van der Waals surface area contributed by atoms with Crippen molar-refractivity contribution in [3.8, 4) is 0 Å². The maximum atomic E-state index is 8.83. The number of ether oxygens (including phenoxy) is 1. The summed E-state index contributed by atoms with van der Waals surface area (Å²) in [5.74, 6) is 0.942. The monoisotopic (exact) mass is 157 g/mol. The van der Waals surface area contributed by atoms with Gasteiger partial charge >= 0.3 is 0 Å². The Morgan fingerprint density at radius 2 is 2.27 bits per heavy atom. The van der Waals surface area contributed by atoms with Gasteiger partial charge in [-0.15, -0.1) is 0 Å². The number of hydrogen-bond donors (Lipinski definition) is 1. The van der Waals surface area contributed by atoms with E-state index in [4.69, 9.17) is 9.84 Å². The van der Waals surface area contributed by atoms with E-state index >= 15 is 0 Å². The van der Waals surface area contributed by atoms with Crippen molar-refractivity contribution in [1.82, 2.24) is 4.90 Å². The number of rotatable bonds is 3. The Kier molecular flexibility index (Phi) is 2.52. The van der Waals surface area contributed by atoms with Crippen LogP contribution in [-0.4, -0.2) is 43.9 Å². The Balaban J connectivity index is 2.62. The van der Waals surface area contributed by atoms with E-state index in [2.05, 4.69) is 4.90 Å². The Labute approximate surface area is 67.3 Å². The van der Waals surface area contributed by atoms with Crippen LogP contribution in [-0.2, 0) is 4.74 Å². The van der Waals surface area contributed by atoms with Crippen molar-refractivity contribution >= 4 is 0 Å². The summed E-state index contributed by atoms with van der Waals surface area (Å²) in [6.07, 6.45) is 0.937. The second kappa shape index (κ2) is 3.24. The molecule has 0 aromatic rings. The number of methoxy groups -OCH3 is 1. The predicted molar refractivity (Wildman–Crippen MR) is 43.2 cm³/mol. The molecule has 0 spiro atoms. The third kappa shape index (κ3) is 1.39. The molecule has 0 amide bonds. The van der Waals surface area contributed by atoms with E-state index in [1.54, 1.807) is 7.11 Å². The Bertz CT molecular complexity index is 175. The molecule has 1 atom stereocenters. The van der Waals surface area contributed by atoms with Crippen LogP contribution in [0.3, 0.4) is 0 Å². The van der Waals surface area contributed by atoms with Crippen molar-refractivity contribution < 1.29 is 9.84 Å². The average molecular weight is 157 g/mol. The van der Waals surface area contributed by atoms with Crippen LogP contribution in [0.25, 0.3) is 0 Å². The van der Waals surface area contributed by atoms with E-state index < -0.39 is 0 Å². The van der Waals surface area contributed by atoms with E-state index in [1.807, 2.05) is 14.1 Å². The summed E-state index contributed by atoms with van der Waals surface area (Å²) in [6, 6.07) is 0.377. The van der Waals surface area contributed by atoms with Gasteiger partial charge in [-0.3, -0.25) is 4.90 Å². The van der Waals surface area contributed by atoms with Gasteiger partial charge in [0.2, 0.25) is 0 Å². The van der Waals surface area contributed by atoms with Crippen LogP contribution >= 0.6 is 0 Å². The highest BCUT2D eigenvalue weighted by atomic mass is 16.5. The lowest BCUT2D eigenvalue weighted by Gasteiger charge is -2.35. The van der Waals surface area contributed by atoms with Gasteiger partial charge in [0.15, 0.2) is 0 Å². The molecule has 1 aliphatic rings. The molecule has 0 aromatic carbocycles. The van der Waals surface area contributed by atoms with Crippen LogP contribution < -0.4 is 0 Å². The highest BCUT2D eigenvalue weighted by Crippen LogP contribution is 2.31. The van der Waals surface area contributed by atoms with Gasteiger partial charge in [0, 0.05) is 0 Å². The van der Waals surface area contributed by atoms with Crippen LogP contribution in [0.15, 0.2) is 11.3 Å². The first-order chi connectivity index (χ1) is 5.20. The van der Waals surface area contributed by atoms with Gasteiger partial charge in [0.05, 0.1) is 19.8 Å². The van der Waals surface area contributed by atoms with Crippen LogP contribution in [0.1, 0.15) is 6.42 Å². The summed E-state index contributed by atoms with van der Waals surface area (Å²) in [5.41, 5.74) is 1.03. The first-order valence-electron chi connectivity index (χ1n) is 3.74. The minimum Gasteiger partial charge on any atom is -0.499 e. The molecule has 11 heavy (non-hydrogen) atoms. The average Bonchev–Trinajstić information content (AvgIpc) is 1.86. The molecule has 0 heterocycles. The van der Waals surface area contributed by atoms with Crippen molar-refractivity contribution in [2.24, 2.45) is 0 Å². The van der Waals surface area contributed by atoms with Crippen LogP contribution in [0, 0.1) is 0 Å². The highest BCUT2D eigenvalue weighted by molar-refractivity contribution is 5.27. The topological polar surface area (TPSA) is 32.7 Å². The number of aliphatic hydroxyl groups excluding tert-OH is 1. The molecule has 0 aromatic heterocycles. The van der Waals surface area contributed by atoms with Crippen molar-refractivity contribution in [3.05, 3.63) is 11.3 Å². The smallest absolute Gasteiger partial charge is 0.115 e. The SMILES string of the molecule is COC1=C(CO)CC1N(C)C. The number of hydrogen-bond acceptors (Lipinski definition) is 3. The fourth-order valence-electron chi connectivity index (χ4n) is 1.37. The van der Waals surface area contributed by atoms with E-state index in [9.17, 15) is 0 Å². The third-order valence-corrected chi connectivity index (χ3v) is 2.12. The number of nitrogens with zero attached hydrogens (tertiary/aromatic N) is 1. The van der Waals surface area contributed by atoms with Crippen molar-refractivity contribution in [3.63, 3.8) is 0 Å². The minimum absolute atomic E-state index is 0.132. The van der Waals surface area contributed by atoms with E-state index in [1.165, 1.54) is 0 Å². The van der Waals surface area contributed by atoms with Crippen LogP contribution in [0.2, 0.25) is 0 Å². The van der Waals surface area contributed by atoms with Gasteiger partial charge in [-0.25, -0.2) is 0 Å². The third-order valence-electron chi connectivity index (χ3n) is 2.12. The first-order valence-corrected chi connectivity index (χ1v) is 3.74. The summed E-state index contributed by atoms with van der Waals surface area (Å²) >= 11 is 0. The van der Waals surface area contributed by atoms with Gasteiger partial charge in [-0.2, -0.15) is 0 Å². The molecule has 0 radical (unpaired) electrons. The summed E-state index contributed by atoms with van der Waals surface area (Å²) in [5, 5.41) is 8.83. The molecule has 3 nitrogen and oxygen atoms in total. The largest absolute Gasteiger partial charge is 0.499 e. The standard InChI is InChI=1S/C8H15NO2/c1-9(2)7-4-6(5-10)8(7)11-3/h7,10H,4-5H2,1-3H3. The van der Waals surface area contributed by atoms with Crippen molar-refractivity contribution in [2.45, 2.75) is 12.5 Å².